The summed E-state index contributed by atoms with van der Waals surface area (Å²) in [4.78, 5) is 4.12. The Balaban J connectivity index is 1.29. The molecular formula is C21H27N3. The van der Waals surface area contributed by atoms with Crippen LogP contribution in [0.25, 0.3) is 5.69 Å². The van der Waals surface area contributed by atoms with E-state index in [-0.39, 0.29) is 0 Å². The molecule has 3 nitrogen and oxygen atoms in total. The smallest absolute Gasteiger partial charge is 0.0991 e. The SMILES string of the molecule is c1cn(-c2ccc(CNC34CC5CCC(CC(C5)C3)C4)cc2)cn1. The van der Waals surface area contributed by atoms with Gasteiger partial charge < -0.3 is 9.88 Å². The second-order valence-electron chi connectivity index (χ2n) is 8.53. The third-order valence-corrected chi connectivity index (χ3v) is 6.76. The fourth-order valence-corrected chi connectivity index (χ4v) is 5.90. The van der Waals surface area contributed by atoms with E-state index in [0.717, 1.165) is 24.3 Å². The molecule has 1 heterocycles. The van der Waals surface area contributed by atoms with Crippen molar-refractivity contribution in [3.05, 3.63) is 48.5 Å². The van der Waals surface area contributed by atoms with Crippen molar-refractivity contribution in [1.82, 2.24) is 14.9 Å². The van der Waals surface area contributed by atoms with Crippen molar-refractivity contribution < 1.29 is 0 Å². The van der Waals surface area contributed by atoms with Crippen LogP contribution in [0.15, 0.2) is 43.0 Å². The van der Waals surface area contributed by atoms with Crippen molar-refractivity contribution in [2.24, 2.45) is 17.8 Å². The van der Waals surface area contributed by atoms with Crippen molar-refractivity contribution in [3.63, 3.8) is 0 Å². The fourth-order valence-electron chi connectivity index (χ4n) is 5.90. The molecule has 2 unspecified atom stereocenters. The van der Waals surface area contributed by atoms with Crippen molar-refractivity contribution in [3.8, 4) is 5.69 Å². The molecule has 4 aliphatic carbocycles. The third-order valence-electron chi connectivity index (χ3n) is 6.76. The zero-order valence-corrected chi connectivity index (χ0v) is 14.3. The van der Waals surface area contributed by atoms with Crippen LogP contribution in [0.2, 0.25) is 0 Å². The minimum Gasteiger partial charge on any atom is -0.307 e. The normalized spacial score (nSPS) is 34.4. The predicted octanol–water partition coefficient (Wildman–Crippen LogP) is 4.32. The Bertz CT molecular complexity index is 672. The number of nitrogens with zero attached hydrogens (tertiary/aromatic N) is 2. The number of aromatic nitrogens is 2. The third kappa shape index (κ3) is 2.69. The molecule has 4 fully saturated rings. The second-order valence-corrected chi connectivity index (χ2v) is 8.53. The lowest BCUT2D eigenvalue weighted by atomic mass is 9.63. The molecule has 1 aromatic heterocycles. The summed E-state index contributed by atoms with van der Waals surface area (Å²) in [6.07, 6.45) is 15.9. The van der Waals surface area contributed by atoms with Crippen LogP contribution in [0.1, 0.15) is 50.5 Å². The highest BCUT2D eigenvalue weighted by molar-refractivity contribution is 5.34. The van der Waals surface area contributed by atoms with Crippen LogP contribution in [0.4, 0.5) is 0 Å². The lowest BCUT2D eigenvalue weighted by Gasteiger charge is -2.49. The maximum Gasteiger partial charge on any atom is 0.0991 e. The molecule has 0 amide bonds. The average molecular weight is 321 g/mol. The van der Waals surface area contributed by atoms with E-state index >= 15 is 0 Å². The largest absolute Gasteiger partial charge is 0.307 e. The first kappa shape index (κ1) is 14.7. The van der Waals surface area contributed by atoms with Crippen molar-refractivity contribution in [2.75, 3.05) is 0 Å². The minimum atomic E-state index is 0.440. The summed E-state index contributed by atoms with van der Waals surface area (Å²) in [5.41, 5.74) is 3.02. The van der Waals surface area contributed by atoms with Gasteiger partial charge in [-0.15, -0.1) is 0 Å². The van der Waals surface area contributed by atoms with Crippen molar-refractivity contribution in [1.29, 1.82) is 0 Å². The lowest BCUT2D eigenvalue weighted by molar-refractivity contribution is 0.0719. The predicted molar refractivity (Wildman–Crippen MR) is 95.9 cm³/mol. The van der Waals surface area contributed by atoms with E-state index in [1.807, 2.05) is 18.7 Å². The minimum absolute atomic E-state index is 0.440. The Hall–Kier alpha value is -1.61. The number of imidazole rings is 1. The van der Waals surface area contributed by atoms with Gasteiger partial charge in [0.15, 0.2) is 0 Å². The van der Waals surface area contributed by atoms with Gasteiger partial charge in [-0.05, 0) is 67.6 Å². The van der Waals surface area contributed by atoms with Crippen LogP contribution in [-0.4, -0.2) is 15.1 Å². The van der Waals surface area contributed by atoms with E-state index in [1.165, 1.54) is 56.2 Å². The highest BCUT2D eigenvalue weighted by Gasteiger charge is 2.47. The Morgan fingerprint density at radius 3 is 2.38 bits per heavy atom. The zero-order valence-electron chi connectivity index (χ0n) is 14.3. The molecule has 6 rings (SSSR count). The van der Waals surface area contributed by atoms with Crippen LogP contribution < -0.4 is 5.32 Å². The Kier molecular flexibility index (Phi) is 3.51. The summed E-state index contributed by atoms with van der Waals surface area (Å²) in [5.74, 6) is 2.99. The van der Waals surface area contributed by atoms with Crippen LogP contribution in [0.5, 0.6) is 0 Å². The van der Waals surface area contributed by atoms with Gasteiger partial charge in [-0.1, -0.05) is 25.0 Å². The second kappa shape index (κ2) is 5.73. The van der Waals surface area contributed by atoms with E-state index in [0.29, 0.717) is 5.54 Å². The molecular weight excluding hydrogens is 294 g/mol. The number of benzene rings is 1. The molecule has 2 aromatic rings. The Morgan fingerprint density at radius 1 is 1.00 bits per heavy atom. The van der Waals surface area contributed by atoms with Gasteiger partial charge in [-0.25, -0.2) is 4.98 Å². The van der Waals surface area contributed by atoms with Crippen LogP contribution in [0, 0.1) is 17.8 Å². The number of nitrogens with one attached hydrogen (secondary N) is 1. The quantitative estimate of drug-likeness (QED) is 0.909. The molecule has 1 N–H and O–H groups in total. The van der Waals surface area contributed by atoms with Crippen molar-refractivity contribution >= 4 is 0 Å². The molecule has 0 saturated heterocycles. The average Bonchev–Trinajstić information content (AvgIpc) is 3.05. The Morgan fingerprint density at radius 2 is 1.71 bits per heavy atom. The maximum absolute atomic E-state index is 4.12. The molecule has 126 valence electrons. The number of fused-ring (bicyclic) bond motifs is 1. The van der Waals surface area contributed by atoms with E-state index in [9.17, 15) is 0 Å². The van der Waals surface area contributed by atoms with Crippen LogP contribution >= 0.6 is 0 Å². The highest BCUT2D eigenvalue weighted by Crippen LogP contribution is 2.53. The molecule has 24 heavy (non-hydrogen) atoms. The van der Waals surface area contributed by atoms with Gasteiger partial charge in [0.05, 0.1) is 6.33 Å². The molecule has 4 aliphatic rings. The summed E-state index contributed by atoms with van der Waals surface area (Å²) in [6.45, 7) is 1.01. The first-order valence-corrected chi connectivity index (χ1v) is 9.60. The summed E-state index contributed by atoms with van der Waals surface area (Å²) in [6, 6.07) is 8.92. The zero-order chi connectivity index (χ0) is 16.0. The van der Waals surface area contributed by atoms with Gasteiger partial charge in [0.1, 0.15) is 0 Å². The van der Waals surface area contributed by atoms with Gasteiger partial charge in [0.25, 0.3) is 0 Å². The first-order chi connectivity index (χ1) is 11.8. The number of hydrogen-bond acceptors (Lipinski definition) is 2. The van der Waals surface area contributed by atoms with E-state index in [2.05, 4.69) is 39.1 Å². The Labute approximate surface area is 144 Å². The van der Waals surface area contributed by atoms with Crippen LogP contribution in [-0.2, 0) is 6.54 Å². The summed E-state index contributed by atoms with van der Waals surface area (Å²) < 4.78 is 2.06. The first-order valence-electron chi connectivity index (χ1n) is 9.60. The molecule has 1 aromatic carbocycles. The molecule has 0 radical (unpaired) electrons. The molecule has 3 heteroatoms. The standard InChI is InChI=1S/C21H27N3/c1-2-18-10-19-9-17(1)11-21(12-18,13-19)23-14-16-3-5-20(6-4-16)24-8-7-22-15-24/h3-8,15,17-19,23H,1-2,9-14H2. The summed E-state index contributed by atoms with van der Waals surface area (Å²) in [5, 5.41) is 4.02. The molecule has 0 spiro atoms. The van der Waals surface area contributed by atoms with E-state index < -0.39 is 0 Å². The lowest BCUT2D eigenvalue weighted by Crippen LogP contribution is -2.53. The van der Waals surface area contributed by atoms with Gasteiger partial charge in [0, 0.05) is 30.2 Å². The topological polar surface area (TPSA) is 29.9 Å². The molecule has 0 aliphatic heterocycles. The summed E-state index contributed by atoms with van der Waals surface area (Å²) >= 11 is 0. The van der Waals surface area contributed by atoms with E-state index in [4.69, 9.17) is 0 Å². The molecule has 4 saturated carbocycles. The van der Waals surface area contributed by atoms with Gasteiger partial charge in [-0.2, -0.15) is 0 Å². The van der Waals surface area contributed by atoms with Gasteiger partial charge in [0.2, 0.25) is 0 Å². The fraction of sp³-hybridized carbons (Fsp3) is 0.571. The highest BCUT2D eigenvalue weighted by atomic mass is 15.0. The molecule has 2 atom stereocenters. The van der Waals surface area contributed by atoms with Crippen molar-refractivity contribution in [2.45, 2.75) is 57.0 Å². The number of rotatable bonds is 4. The van der Waals surface area contributed by atoms with Gasteiger partial charge in [-0.3, -0.25) is 0 Å². The number of hydrogen-bond donors (Lipinski definition) is 1. The monoisotopic (exact) mass is 321 g/mol. The van der Waals surface area contributed by atoms with E-state index in [1.54, 1.807) is 0 Å². The maximum atomic E-state index is 4.12. The van der Waals surface area contributed by atoms with Crippen LogP contribution in [0.3, 0.4) is 0 Å². The molecule has 4 bridgehead atoms. The summed E-state index contributed by atoms with van der Waals surface area (Å²) in [7, 11) is 0. The van der Waals surface area contributed by atoms with Gasteiger partial charge >= 0.3 is 0 Å².